The third-order valence-corrected chi connectivity index (χ3v) is 4.34. The molecule has 100 valence electrons. The van der Waals surface area contributed by atoms with Crippen molar-refractivity contribution < 1.29 is 8.42 Å². The molecule has 2 aromatic rings. The second kappa shape index (κ2) is 5.19. The van der Waals surface area contributed by atoms with Gasteiger partial charge in [0, 0.05) is 10.7 Å². The number of benzene rings is 1. The molecule has 0 radical (unpaired) electrons. The van der Waals surface area contributed by atoms with Gasteiger partial charge in [-0.15, -0.1) is 0 Å². The standard InChI is InChI=1S/C13H13ClN2O2S/c1-9-8-11(6-7-12(9)14)19(17,18)16-13-5-3-4-10(2)15-13/h3-8H,1-2H3,(H,15,16). The van der Waals surface area contributed by atoms with Crippen LogP contribution in [0.15, 0.2) is 41.3 Å². The Bertz CT molecular complexity index is 714. The Balaban J connectivity index is 2.35. The molecule has 0 amide bonds. The van der Waals surface area contributed by atoms with E-state index in [-0.39, 0.29) is 4.90 Å². The Morgan fingerprint density at radius 1 is 1.16 bits per heavy atom. The van der Waals surface area contributed by atoms with E-state index in [1.54, 1.807) is 38.1 Å². The zero-order valence-electron chi connectivity index (χ0n) is 10.5. The first-order valence-electron chi connectivity index (χ1n) is 5.61. The van der Waals surface area contributed by atoms with E-state index in [0.29, 0.717) is 16.4 Å². The summed E-state index contributed by atoms with van der Waals surface area (Å²) in [5.74, 6) is 0.299. The van der Waals surface area contributed by atoms with Gasteiger partial charge in [-0.1, -0.05) is 17.7 Å². The number of anilines is 1. The van der Waals surface area contributed by atoms with Gasteiger partial charge in [-0.05, 0) is 49.7 Å². The molecule has 0 atom stereocenters. The van der Waals surface area contributed by atoms with Crippen molar-refractivity contribution in [2.75, 3.05) is 4.72 Å². The van der Waals surface area contributed by atoms with Gasteiger partial charge in [0.15, 0.2) is 0 Å². The Morgan fingerprint density at radius 2 is 1.89 bits per heavy atom. The number of nitrogens with zero attached hydrogens (tertiary/aromatic N) is 1. The molecule has 19 heavy (non-hydrogen) atoms. The van der Waals surface area contributed by atoms with Gasteiger partial charge in [-0.2, -0.15) is 0 Å². The first-order chi connectivity index (χ1) is 8.88. The van der Waals surface area contributed by atoms with Crippen molar-refractivity contribution in [2.45, 2.75) is 18.7 Å². The number of aryl methyl sites for hydroxylation is 2. The summed E-state index contributed by atoms with van der Waals surface area (Å²) in [6.07, 6.45) is 0. The van der Waals surface area contributed by atoms with Gasteiger partial charge in [0.05, 0.1) is 4.90 Å². The average Bonchev–Trinajstić information content (AvgIpc) is 2.32. The number of nitrogens with one attached hydrogen (secondary N) is 1. The molecule has 6 heteroatoms. The van der Waals surface area contributed by atoms with Crippen LogP contribution in [-0.4, -0.2) is 13.4 Å². The average molecular weight is 297 g/mol. The van der Waals surface area contributed by atoms with Gasteiger partial charge in [-0.25, -0.2) is 13.4 Å². The third kappa shape index (κ3) is 3.24. The maximum atomic E-state index is 12.2. The SMILES string of the molecule is Cc1cccc(NS(=O)(=O)c2ccc(Cl)c(C)c2)n1. The van der Waals surface area contributed by atoms with Gasteiger partial charge in [0.1, 0.15) is 5.82 Å². The summed E-state index contributed by atoms with van der Waals surface area (Å²) < 4.78 is 26.8. The predicted octanol–water partition coefficient (Wildman–Crippen LogP) is 3.15. The summed E-state index contributed by atoms with van der Waals surface area (Å²) in [6, 6.07) is 9.70. The maximum absolute atomic E-state index is 12.2. The maximum Gasteiger partial charge on any atom is 0.263 e. The minimum absolute atomic E-state index is 0.165. The van der Waals surface area contributed by atoms with Crippen LogP contribution in [-0.2, 0) is 10.0 Å². The highest BCUT2D eigenvalue weighted by Gasteiger charge is 2.15. The van der Waals surface area contributed by atoms with Gasteiger partial charge in [0.2, 0.25) is 0 Å². The normalized spacial score (nSPS) is 11.3. The largest absolute Gasteiger partial charge is 0.263 e. The molecule has 1 aromatic heterocycles. The first kappa shape index (κ1) is 13.8. The molecular weight excluding hydrogens is 284 g/mol. The van der Waals surface area contributed by atoms with E-state index in [4.69, 9.17) is 11.6 Å². The molecule has 0 bridgehead atoms. The van der Waals surface area contributed by atoms with Crippen LogP contribution in [0.2, 0.25) is 5.02 Å². The lowest BCUT2D eigenvalue weighted by molar-refractivity contribution is 0.601. The van der Waals surface area contributed by atoms with Gasteiger partial charge >= 0.3 is 0 Å². The molecule has 0 aliphatic heterocycles. The van der Waals surface area contributed by atoms with Gasteiger partial charge in [-0.3, -0.25) is 4.72 Å². The van der Waals surface area contributed by atoms with Crippen LogP contribution in [0, 0.1) is 13.8 Å². The van der Waals surface area contributed by atoms with Crippen LogP contribution in [0.5, 0.6) is 0 Å². The lowest BCUT2D eigenvalue weighted by Crippen LogP contribution is -2.14. The second-order valence-corrected chi connectivity index (χ2v) is 6.27. The highest BCUT2D eigenvalue weighted by atomic mass is 35.5. The lowest BCUT2D eigenvalue weighted by Gasteiger charge is -2.09. The molecule has 0 saturated heterocycles. The molecule has 1 aromatic carbocycles. The fraction of sp³-hybridized carbons (Fsp3) is 0.154. The van der Waals surface area contributed by atoms with Crippen LogP contribution in [0.1, 0.15) is 11.3 Å². The van der Waals surface area contributed by atoms with Crippen molar-refractivity contribution in [2.24, 2.45) is 0 Å². The summed E-state index contributed by atoms with van der Waals surface area (Å²) in [5, 5.41) is 0.535. The van der Waals surface area contributed by atoms with E-state index < -0.39 is 10.0 Å². The summed E-state index contributed by atoms with van der Waals surface area (Å²) in [6.45, 7) is 3.55. The quantitative estimate of drug-likeness (QED) is 0.946. The fourth-order valence-corrected chi connectivity index (χ4v) is 2.78. The monoisotopic (exact) mass is 296 g/mol. The molecule has 0 aliphatic rings. The Hall–Kier alpha value is -1.59. The van der Waals surface area contributed by atoms with E-state index in [2.05, 4.69) is 9.71 Å². The molecule has 1 N–H and O–H groups in total. The van der Waals surface area contributed by atoms with E-state index >= 15 is 0 Å². The number of hydrogen-bond donors (Lipinski definition) is 1. The number of pyridine rings is 1. The highest BCUT2D eigenvalue weighted by Crippen LogP contribution is 2.21. The Labute approximate surface area is 117 Å². The van der Waals surface area contributed by atoms with Crippen molar-refractivity contribution >= 4 is 27.4 Å². The van der Waals surface area contributed by atoms with E-state index in [1.807, 2.05) is 0 Å². The van der Waals surface area contributed by atoms with Crippen LogP contribution >= 0.6 is 11.6 Å². The molecule has 0 unspecified atom stereocenters. The van der Waals surface area contributed by atoms with Crippen LogP contribution < -0.4 is 4.72 Å². The number of aromatic nitrogens is 1. The summed E-state index contributed by atoms with van der Waals surface area (Å²) >= 11 is 5.88. The topological polar surface area (TPSA) is 59.1 Å². The van der Waals surface area contributed by atoms with E-state index in [9.17, 15) is 8.42 Å². The number of sulfonamides is 1. The van der Waals surface area contributed by atoms with E-state index in [1.165, 1.54) is 12.1 Å². The zero-order chi connectivity index (χ0) is 14.0. The molecule has 2 rings (SSSR count). The Morgan fingerprint density at radius 3 is 2.53 bits per heavy atom. The molecule has 0 fully saturated rings. The third-order valence-electron chi connectivity index (χ3n) is 2.57. The molecule has 1 heterocycles. The summed E-state index contributed by atoms with van der Waals surface area (Å²) in [4.78, 5) is 4.27. The zero-order valence-corrected chi connectivity index (χ0v) is 12.1. The second-order valence-electron chi connectivity index (χ2n) is 4.18. The van der Waals surface area contributed by atoms with Crippen molar-refractivity contribution in [3.8, 4) is 0 Å². The minimum atomic E-state index is -3.64. The predicted molar refractivity (Wildman–Crippen MR) is 76.0 cm³/mol. The number of halogens is 1. The molecule has 0 saturated carbocycles. The number of rotatable bonds is 3. The highest BCUT2D eigenvalue weighted by molar-refractivity contribution is 7.92. The smallest absolute Gasteiger partial charge is 0.263 e. The fourth-order valence-electron chi connectivity index (χ4n) is 1.58. The first-order valence-corrected chi connectivity index (χ1v) is 7.47. The Kier molecular flexibility index (Phi) is 3.78. The lowest BCUT2D eigenvalue weighted by atomic mass is 10.2. The molecular formula is C13H13ClN2O2S. The van der Waals surface area contributed by atoms with Crippen LogP contribution in [0.3, 0.4) is 0 Å². The minimum Gasteiger partial charge on any atom is -0.263 e. The molecule has 0 aliphatic carbocycles. The van der Waals surface area contributed by atoms with Crippen LogP contribution in [0.25, 0.3) is 0 Å². The van der Waals surface area contributed by atoms with Crippen molar-refractivity contribution in [1.82, 2.24) is 4.98 Å². The van der Waals surface area contributed by atoms with Crippen molar-refractivity contribution in [3.05, 3.63) is 52.7 Å². The molecule has 4 nitrogen and oxygen atoms in total. The molecule has 0 spiro atoms. The summed E-state index contributed by atoms with van der Waals surface area (Å²) in [7, 11) is -3.64. The summed E-state index contributed by atoms with van der Waals surface area (Å²) in [5.41, 5.74) is 1.45. The van der Waals surface area contributed by atoms with Gasteiger partial charge in [0.25, 0.3) is 10.0 Å². The van der Waals surface area contributed by atoms with E-state index in [0.717, 1.165) is 5.69 Å². The van der Waals surface area contributed by atoms with Gasteiger partial charge < -0.3 is 0 Å². The van der Waals surface area contributed by atoms with Crippen molar-refractivity contribution in [3.63, 3.8) is 0 Å². The van der Waals surface area contributed by atoms with Crippen molar-refractivity contribution in [1.29, 1.82) is 0 Å². The number of hydrogen-bond acceptors (Lipinski definition) is 3. The van der Waals surface area contributed by atoms with Crippen LogP contribution in [0.4, 0.5) is 5.82 Å².